The number of methoxy groups -OCH3 is 1. The van der Waals surface area contributed by atoms with E-state index in [-0.39, 0.29) is 42.4 Å². The molecule has 1 aromatic carbocycles. The highest BCUT2D eigenvalue weighted by Crippen LogP contribution is 2.46. The van der Waals surface area contributed by atoms with Crippen LogP contribution in [0.2, 0.25) is 0 Å². The van der Waals surface area contributed by atoms with E-state index in [4.69, 9.17) is 14.2 Å². The first-order valence-corrected chi connectivity index (χ1v) is 21.6. The summed E-state index contributed by atoms with van der Waals surface area (Å²) in [7, 11) is 1.54. The van der Waals surface area contributed by atoms with Gasteiger partial charge in [0.15, 0.2) is 0 Å². The standard InChI is InChI=1S/C43H58N6O9S/c1-6-29-24-43(29,40(54)48-59-30-16-17-30)47-38(52)33-15-10-20-49(33)39(53)35(26-12-8-7-9-13-26)46-37(51)32(45-41(55)58-42(2,3)4)25-57-21-11-14-28-22-31-27(23-34(28)56-5)18-19-44-36(31)50/h6,11,14,18-19,22-23,26,29-30,32-33,35H,1,7-10,12-13,15-17,20-21,24-25H2,2-5H3,(H,44,50)(H,45,55)(H,46,51)(H,47,52)(H,48,54)/b14-11+/t29?,32?,33?,35-,43?/m0/s1. The Morgan fingerprint density at radius 3 is 2.49 bits per heavy atom. The predicted octanol–water partition coefficient (Wildman–Crippen LogP) is 4.50. The molecule has 1 aromatic heterocycles. The highest BCUT2D eigenvalue weighted by Gasteiger charge is 2.60. The SMILES string of the molecule is C=CC1CC1(NC(=O)C1CCCN1C(=O)[C@@H](NC(=O)C(COC/C=C/c1cc2c(=O)[nH]ccc2cc1OC)NC(=O)OC(C)(C)C)C1CCCCC1)C(=O)NSC1CC1. The lowest BCUT2D eigenvalue weighted by atomic mass is 9.83. The van der Waals surface area contributed by atoms with E-state index < -0.39 is 47.2 Å². The maximum absolute atomic E-state index is 14.6. The maximum atomic E-state index is 14.6. The molecule has 16 heteroatoms. The van der Waals surface area contributed by atoms with Gasteiger partial charge >= 0.3 is 6.09 Å². The summed E-state index contributed by atoms with van der Waals surface area (Å²) in [6.07, 6.45) is 13.6. The van der Waals surface area contributed by atoms with Crippen LogP contribution in [0.4, 0.5) is 4.79 Å². The van der Waals surface area contributed by atoms with E-state index in [1.807, 2.05) is 0 Å². The molecule has 3 aliphatic carbocycles. The number of aromatic amines is 1. The molecular weight excluding hydrogens is 777 g/mol. The number of H-pyrrole nitrogens is 1. The van der Waals surface area contributed by atoms with E-state index in [1.165, 1.54) is 24.0 Å². The molecule has 4 fully saturated rings. The van der Waals surface area contributed by atoms with Gasteiger partial charge in [0.05, 0.1) is 20.3 Å². The van der Waals surface area contributed by atoms with Crippen LogP contribution in [0, 0.1) is 11.8 Å². The number of amides is 5. The average molecular weight is 835 g/mol. The number of ether oxygens (including phenoxy) is 3. The molecule has 3 saturated carbocycles. The van der Waals surface area contributed by atoms with Gasteiger partial charge in [-0.1, -0.05) is 37.5 Å². The fraction of sp³-hybridized carbons (Fsp3) is 0.581. The molecule has 4 aliphatic rings. The van der Waals surface area contributed by atoms with Crippen molar-refractivity contribution in [3.63, 3.8) is 0 Å². The van der Waals surface area contributed by atoms with Crippen molar-refractivity contribution >= 4 is 58.5 Å². The number of alkyl carbamates (subject to hydrolysis) is 1. The molecule has 6 rings (SSSR count). The van der Waals surface area contributed by atoms with E-state index in [1.54, 1.807) is 63.4 Å². The third-order valence-electron chi connectivity index (χ3n) is 11.3. The number of hydrogen-bond donors (Lipinski definition) is 5. The van der Waals surface area contributed by atoms with E-state index in [9.17, 15) is 28.8 Å². The Kier molecular flexibility index (Phi) is 14.1. The highest BCUT2D eigenvalue weighted by molar-refractivity contribution is 7.98. The topological polar surface area (TPSA) is 197 Å². The molecule has 2 aromatic rings. The number of benzene rings is 1. The van der Waals surface area contributed by atoms with Gasteiger partial charge in [0.1, 0.15) is 35.0 Å². The Morgan fingerprint density at radius 2 is 1.81 bits per heavy atom. The van der Waals surface area contributed by atoms with Crippen molar-refractivity contribution in [2.45, 2.75) is 119 Å². The van der Waals surface area contributed by atoms with Crippen LogP contribution >= 0.6 is 11.9 Å². The number of aromatic nitrogens is 1. The van der Waals surface area contributed by atoms with Crippen LogP contribution in [0.5, 0.6) is 5.75 Å². The van der Waals surface area contributed by atoms with Gasteiger partial charge < -0.3 is 40.0 Å². The molecule has 4 unspecified atom stereocenters. The van der Waals surface area contributed by atoms with E-state index >= 15 is 0 Å². The first-order valence-electron chi connectivity index (χ1n) is 20.7. The molecular formula is C43H58N6O9S. The number of likely N-dealkylation sites (tertiary alicyclic amines) is 1. The van der Waals surface area contributed by atoms with Gasteiger partial charge in [-0.15, -0.1) is 6.58 Å². The summed E-state index contributed by atoms with van der Waals surface area (Å²) in [6, 6.07) is 2.26. The predicted molar refractivity (Wildman–Crippen MR) is 225 cm³/mol. The number of rotatable bonds is 17. The molecule has 5 N–H and O–H groups in total. The van der Waals surface area contributed by atoms with E-state index in [0.29, 0.717) is 60.6 Å². The average Bonchev–Trinajstić information content (AvgIpc) is 4.12. The summed E-state index contributed by atoms with van der Waals surface area (Å²) >= 11 is 1.39. The Labute approximate surface area is 349 Å². The van der Waals surface area contributed by atoms with Crippen molar-refractivity contribution in [2.75, 3.05) is 26.9 Å². The number of fused-ring (bicyclic) bond motifs is 1. The molecule has 15 nitrogen and oxygen atoms in total. The minimum absolute atomic E-state index is 0.0349. The summed E-state index contributed by atoms with van der Waals surface area (Å²) < 4.78 is 19.8. The largest absolute Gasteiger partial charge is 0.496 e. The van der Waals surface area contributed by atoms with Crippen LogP contribution < -0.4 is 31.0 Å². The third-order valence-corrected chi connectivity index (χ3v) is 12.5. The van der Waals surface area contributed by atoms with Crippen molar-refractivity contribution in [3.8, 4) is 5.75 Å². The molecule has 5 amide bonds. The highest BCUT2D eigenvalue weighted by atomic mass is 32.2. The minimum atomic E-state index is -1.24. The molecule has 0 radical (unpaired) electrons. The van der Waals surface area contributed by atoms with Crippen molar-refractivity contribution in [1.29, 1.82) is 0 Å². The fourth-order valence-corrected chi connectivity index (χ4v) is 8.76. The molecule has 2 heterocycles. The van der Waals surface area contributed by atoms with Crippen LogP contribution in [-0.4, -0.2) is 101 Å². The second kappa shape index (κ2) is 19.0. The van der Waals surface area contributed by atoms with Crippen LogP contribution in [0.3, 0.4) is 0 Å². The van der Waals surface area contributed by atoms with Gasteiger partial charge in [-0.2, -0.15) is 0 Å². The zero-order valence-corrected chi connectivity index (χ0v) is 35.3. The first-order chi connectivity index (χ1) is 28.2. The Hall–Kier alpha value is -4.83. The number of nitrogens with one attached hydrogen (secondary N) is 5. The monoisotopic (exact) mass is 834 g/mol. The molecule has 5 atom stereocenters. The lowest BCUT2D eigenvalue weighted by molar-refractivity contribution is -0.144. The van der Waals surface area contributed by atoms with Crippen LogP contribution in [0.25, 0.3) is 16.8 Å². The van der Waals surface area contributed by atoms with Crippen molar-refractivity contribution in [3.05, 3.63) is 59.0 Å². The zero-order valence-electron chi connectivity index (χ0n) is 34.4. The number of pyridine rings is 1. The molecule has 1 aliphatic heterocycles. The van der Waals surface area contributed by atoms with Crippen LogP contribution in [0.1, 0.15) is 90.5 Å². The smallest absolute Gasteiger partial charge is 0.408 e. The number of carbonyl (C=O) groups is 5. The summed E-state index contributed by atoms with van der Waals surface area (Å²) in [6.45, 7) is 9.09. The summed E-state index contributed by atoms with van der Waals surface area (Å²) in [5, 5.41) is 10.2. The van der Waals surface area contributed by atoms with Crippen molar-refractivity contribution in [2.24, 2.45) is 11.8 Å². The van der Waals surface area contributed by atoms with Gasteiger partial charge in [-0.25, -0.2) is 4.79 Å². The Balaban J connectivity index is 1.15. The molecule has 320 valence electrons. The van der Waals surface area contributed by atoms with Gasteiger partial charge in [0.25, 0.3) is 11.5 Å². The van der Waals surface area contributed by atoms with E-state index in [0.717, 1.165) is 37.5 Å². The molecule has 0 spiro atoms. The Bertz CT molecular complexity index is 1990. The van der Waals surface area contributed by atoms with Crippen molar-refractivity contribution in [1.82, 2.24) is 30.6 Å². The lowest BCUT2D eigenvalue weighted by Crippen LogP contribution is -2.61. The number of carbonyl (C=O) groups excluding carboxylic acids is 5. The molecule has 0 bridgehead atoms. The molecule has 59 heavy (non-hydrogen) atoms. The quantitative estimate of drug-likeness (QED) is 0.0860. The van der Waals surface area contributed by atoms with Crippen LogP contribution in [0.15, 0.2) is 47.9 Å². The fourth-order valence-electron chi connectivity index (χ4n) is 7.94. The lowest BCUT2D eigenvalue weighted by Gasteiger charge is -2.35. The Morgan fingerprint density at radius 1 is 1.05 bits per heavy atom. The maximum Gasteiger partial charge on any atom is 0.408 e. The minimum Gasteiger partial charge on any atom is -0.496 e. The van der Waals surface area contributed by atoms with Gasteiger partial charge in [0, 0.05) is 34.9 Å². The number of nitrogens with zero attached hydrogens (tertiary/aromatic N) is 1. The summed E-state index contributed by atoms with van der Waals surface area (Å²) in [5.74, 6) is -1.52. The second-order valence-electron chi connectivity index (χ2n) is 17.0. The zero-order chi connectivity index (χ0) is 42.3. The van der Waals surface area contributed by atoms with E-state index in [2.05, 4.69) is 32.2 Å². The van der Waals surface area contributed by atoms with Gasteiger partial charge in [-0.3, -0.25) is 28.7 Å². The molecule has 1 saturated heterocycles. The van der Waals surface area contributed by atoms with Gasteiger partial charge in [-0.05, 0) is 107 Å². The normalized spacial score (nSPS) is 22.9. The summed E-state index contributed by atoms with van der Waals surface area (Å²) in [4.78, 5) is 85.7. The van der Waals surface area contributed by atoms with Crippen molar-refractivity contribution < 1.29 is 38.2 Å². The summed E-state index contributed by atoms with van der Waals surface area (Å²) in [5.41, 5.74) is -1.54. The second-order valence-corrected chi connectivity index (χ2v) is 18.1. The first kappa shape index (κ1) is 43.7. The third kappa shape index (κ3) is 11.1. The van der Waals surface area contributed by atoms with Crippen LogP contribution in [-0.2, 0) is 28.7 Å². The van der Waals surface area contributed by atoms with Gasteiger partial charge in [0.2, 0.25) is 17.7 Å². The number of hydrogen-bond acceptors (Lipinski definition) is 10.